The van der Waals surface area contributed by atoms with Crippen molar-refractivity contribution in [2.45, 2.75) is 57.2 Å². The molecule has 1 N–H and O–H groups in total. The van der Waals surface area contributed by atoms with Gasteiger partial charge in [-0.2, -0.15) is 0 Å². The number of rotatable bonds is 6. The average molecular weight is 591 g/mol. The zero-order chi connectivity index (χ0) is 30.3. The van der Waals surface area contributed by atoms with Gasteiger partial charge in [0.15, 0.2) is 0 Å². The van der Waals surface area contributed by atoms with Crippen LogP contribution in [0.25, 0.3) is 0 Å². The summed E-state index contributed by atoms with van der Waals surface area (Å²) in [7, 11) is 0. The first-order valence-corrected chi connectivity index (χ1v) is 15.8. The summed E-state index contributed by atoms with van der Waals surface area (Å²) < 4.78 is 0. The van der Waals surface area contributed by atoms with Crippen LogP contribution in [0.5, 0.6) is 0 Å². The van der Waals surface area contributed by atoms with Gasteiger partial charge in [-0.25, -0.2) is 0 Å². The highest BCUT2D eigenvalue weighted by atomic mass is 16.2. The smallest absolute Gasteiger partial charge is 0.262 e. The van der Waals surface area contributed by atoms with Crippen molar-refractivity contribution in [2.24, 2.45) is 5.41 Å². The first kappa shape index (κ1) is 28.6. The van der Waals surface area contributed by atoms with Crippen molar-refractivity contribution in [1.29, 1.82) is 0 Å². The summed E-state index contributed by atoms with van der Waals surface area (Å²) in [6, 6.07) is 26.5. The third-order valence-electron chi connectivity index (χ3n) is 10.3. The fraction of sp³-hybridized carbons (Fsp3) is 0.389. The van der Waals surface area contributed by atoms with E-state index in [0.29, 0.717) is 16.5 Å². The number of piperidine rings is 3. The number of benzene rings is 3. The number of hydrogen-bond acceptors (Lipinski definition) is 6. The maximum atomic E-state index is 13.3. The Morgan fingerprint density at radius 1 is 0.727 bits per heavy atom. The molecule has 1 atom stereocenters. The summed E-state index contributed by atoms with van der Waals surface area (Å²) in [6.07, 6.45) is 4.99. The Labute approximate surface area is 258 Å². The van der Waals surface area contributed by atoms with Crippen LogP contribution in [0.3, 0.4) is 0 Å². The highest BCUT2D eigenvalue weighted by molar-refractivity contribution is 6.23. The van der Waals surface area contributed by atoms with Crippen LogP contribution < -0.4 is 5.32 Å². The number of nitrogens with zero attached hydrogens (tertiary/aromatic N) is 3. The van der Waals surface area contributed by atoms with Gasteiger partial charge in [-0.3, -0.25) is 39.2 Å². The van der Waals surface area contributed by atoms with E-state index in [1.165, 1.54) is 24.0 Å². The van der Waals surface area contributed by atoms with Crippen molar-refractivity contribution in [1.82, 2.24) is 20.0 Å². The summed E-state index contributed by atoms with van der Waals surface area (Å²) in [6.45, 7) is 4.90. The van der Waals surface area contributed by atoms with Crippen LogP contribution in [0.4, 0.5) is 0 Å². The number of carbonyl (C=O) groups is 4. The lowest BCUT2D eigenvalue weighted by molar-refractivity contribution is -0.136. The molecular formula is C36H38N4O4. The molecule has 3 saturated heterocycles. The monoisotopic (exact) mass is 590 g/mol. The van der Waals surface area contributed by atoms with Gasteiger partial charge in [0.05, 0.1) is 17.2 Å². The summed E-state index contributed by atoms with van der Waals surface area (Å²) in [4.78, 5) is 56.4. The second-order valence-electron chi connectivity index (χ2n) is 12.9. The van der Waals surface area contributed by atoms with Crippen LogP contribution in [0.1, 0.15) is 82.0 Å². The van der Waals surface area contributed by atoms with Crippen molar-refractivity contribution in [3.63, 3.8) is 0 Å². The quantitative estimate of drug-likeness (QED) is 0.424. The fourth-order valence-electron chi connectivity index (χ4n) is 7.70. The van der Waals surface area contributed by atoms with E-state index in [1.54, 1.807) is 6.07 Å². The molecule has 0 bridgehead atoms. The first-order valence-electron chi connectivity index (χ1n) is 15.8. The van der Waals surface area contributed by atoms with Gasteiger partial charge in [-0.1, -0.05) is 66.7 Å². The maximum absolute atomic E-state index is 13.3. The fourth-order valence-corrected chi connectivity index (χ4v) is 7.70. The normalized spacial score (nSPS) is 22.5. The minimum atomic E-state index is -0.941. The number of fused-ring (bicyclic) bond motifs is 1. The highest BCUT2D eigenvalue weighted by Crippen LogP contribution is 2.44. The van der Waals surface area contributed by atoms with Crippen LogP contribution in [0.2, 0.25) is 0 Å². The average Bonchev–Trinajstić information content (AvgIpc) is 3.29. The molecule has 3 aromatic carbocycles. The molecule has 0 radical (unpaired) electrons. The van der Waals surface area contributed by atoms with Crippen molar-refractivity contribution in [2.75, 3.05) is 26.2 Å². The van der Waals surface area contributed by atoms with Gasteiger partial charge < -0.3 is 0 Å². The van der Waals surface area contributed by atoms with Gasteiger partial charge in [-0.15, -0.1) is 0 Å². The largest absolute Gasteiger partial charge is 0.299 e. The SMILES string of the molecule is O=C1CCC(N2C(=O)c3ccc(CN4CCC5(CC4)CCN(C(c4ccccc4)c4ccccc4)CC5)cc3C2=O)C(=O)N1. The molecule has 8 heteroatoms. The number of hydrogen-bond donors (Lipinski definition) is 1. The summed E-state index contributed by atoms with van der Waals surface area (Å²) >= 11 is 0. The van der Waals surface area contributed by atoms with Gasteiger partial charge in [0.2, 0.25) is 11.8 Å². The summed E-state index contributed by atoms with van der Waals surface area (Å²) in [5.41, 5.74) is 4.74. The first-order chi connectivity index (χ1) is 21.4. The minimum absolute atomic E-state index is 0.115. The molecule has 1 spiro atoms. The molecule has 3 fully saturated rings. The third kappa shape index (κ3) is 5.37. The topological polar surface area (TPSA) is 90.0 Å². The number of nitrogens with one attached hydrogen (secondary N) is 1. The Morgan fingerprint density at radius 2 is 1.32 bits per heavy atom. The minimum Gasteiger partial charge on any atom is -0.299 e. The molecule has 0 aliphatic carbocycles. The Morgan fingerprint density at radius 3 is 1.93 bits per heavy atom. The number of imide groups is 2. The van der Waals surface area contributed by atoms with E-state index in [2.05, 4.69) is 75.8 Å². The molecule has 4 aliphatic heterocycles. The van der Waals surface area contributed by atoms with Crippen molar-refractivity contribution in [3.05, 3.63) is 107 Å². The molecular weight excluding hydrogens is 552 g/mol. The van der Waals surface area contributed by atoms with E-state index in [9.17, 15) is 19.2 Å². The van der Waals surface area contributed by atoms with Crippen LogP contribution in [0, 0.1) is 5.41 Å². The molecule has 4 aliphatic rings. The molecule has 44 heavy (non-hydrogen) atoms. The number of likely N-dealkylation sites (tertiary alicyclic amines) is 2. The highest BCUT2D eigenvalue weighted by Gasteiger charge is 2.45. The molecule has 0 aromatic heterocycles. The van der Waals surface area contributed by atoms with Crippen molar-refractivity contribution in [3.8, 4) is 0 Å². The predicted octanol–water partition coefficient (Wildman–Crippen LogP) is 4.56. The van der Waals surface area contributed by atoms with E-state index in [4.69, 9.17) is 0 Å². The summed E-state index contributed by atoms with van der Waals surface area (Å²) in [5, 5.41) is 2.25. The third-order valence-corrected chi connectivity index (χ3v) is 10.3. The van der Waals surface area contributed by atoms with Crippen LogP contribution in [-0.4, -0.2) is 70.5 Å². The van der Waals surface area contributed by atoms with Gasteiger partial charge in [0, 0.05) is 13.0 Å². The molecule has 1 unspecified atom stereocenters. The van der Waals surface area contributed by atoms with Gasteiger partial charge in [0.1, 0.15) is 6.04 Å². The Bertz CT molecular complexity index is 1530. The van der Waals surface area contributed by atoms with E-state index in [1.807, 2.05) is 12.1 Å². The summed E-state index contributed by atoms with van der Waals surface area (Å²) in [5.74, 6) is -1.86. The standard InChI is InChI=1S/C36H38N4O4/c41-31-14-13-30(33(42)37-31)40-34(43)28-12-11-25(23-29(28)35(40)44)24-38-19-15-36(16-20-38)17-21-39(22-18-36)32(26-7-3-1-4-8-26)27-9-5-2-6-10-27/h1-12,23,30,32H,13-22,24H2,(H,37,41,42). The second kappa shape index (κ2) is 11.7. The molecule has 8 nitrogen and oxygen atoms in total. The molecule has 226 valence electrons. The van der Waals surface area contributed by atoms with Gasteiger partial charge in [0.25, 0.3) is 11.8 Å². The Hall–Kier alpha value is -4.14. The zero-order valence-electron chi connectivity index (χ0n) is 24.9. The van der Waals surface area contributed by atoms with E-state index < -0.39 is 23.8 Å². The predicted molar refractivity (Wildman–Crippen MR) is 166 cm³/mol. The van der Waals surface area contributed by atoms with Gasteiger partial charge >= 0.3 is 0 Å². The Balaban J connectivity index is 0.972. The number of amides is 4. The maximum Gasteiger partial charge on any atom is 0.262 e. The van der Waals surface area contributed by atoms with Crippen molar-refractivity contribution >= 4 is 23.6 Å². The molecule has 4 amide bonds. The van der Waals surface area contributed by atoms with E-state index in [0.717, 1.165) is 56.0 Å². The number of carbonyl (C=O) groups excluding carboxylic acids is 4. The zero-order valence-corrected chi connectivity index (χ0v) is 24.9. The van der Waals surface area contributed by atoms with Gasteiger partial charge in [-0.05, 0) is 92.5 Å². The lowest BCUT2D eigenvalue weighted by atomic mass is 9.70. The lowest BCUT2D eigenvalue weighted by Gasteiger charge is -2.48. The molecule has 3 aromatic rings. The Kier molecular flexibility index (Phi) is 7.64. The van der Waals surface area contributed by atoms with Crippen LogP contribution in [-0.2, 0) is 16.1 Å². The van der Waals surface area contributed by atoms with Crippen LogP contribution >= 0.6 is 0 Å². The molecule has 0 saturated carbocycles. The molecule has 7 rings (SSSR count). The van der Waals surface area contributed by atoms with Crippen LogP contribution in [0.15, 0.2) is 78.9 Å². The lowest BCUT2D eigenvalue weighted by Crippen LogP contribution is -2.54. The van der Waals surface area contributed by atoms with E-state index >= 15 is 0 Å². The second-order valence-corrected chi connectivity index (χ2v) is 12.9. The van der Waals surface area contributed by atoms with Crippen molar-refractivity contribution < 1.29 is 19.2 Å². The van der Waals surface area contributed by atoms with E-state index in [-0.39, 0.29) is 24.8 Å². The molecule has 4 heterocycles.